The van der Waals surface area contributed by atoms with Crippen LogP contribution in [0.2, 0.25) is 0 Å². The van der Waals surface area contributed by atoms with Crippen LogP contribution in [0.5, 0.6) is 5.88 Å². The number of aryl methyl sites for hydroxylation is 2. The number of guanidine groups is 1. The monoisotopic (exact) mass is 513 g/mol. The number of hydrogen-bond donors (Lipinski definition) is 2. The van der Waals surface area contributed by atoms with Crippen molar-refractivity contribution in [2.45, 2.75) is 59.5 Å². The van der Waals surface area contributed by atoms with Crippen LogP contribution in [-0.4, -0.2) is 29.3 Å². The third-order valence-electron chi connectivity index (χ3n) is 4.77. The average molecular weight is 513 g/mol. The summed E-state index contributed by atoms with van der Waals surface area (Å²) in [6.07, 6.45) is 6.01. The van der Waals surface area contributed by atoms with E-state index in [1.54, 1.807) is 6.20 Å². The maximum atomic E-state index is 5.76. The number of hydrogen-bond acceptors (Lipinski definition) is 5. The van der Waals surface area contributed by atoms with Crippen LogP contribution in [0.4, 0.5) is 0 Å². The molecule has 1 aliphatic carbocycles. The Morgan fingerprint density at radius 1 is 1.24 bits per heavy atom. The van der Waals surface area contributed by atoms with E-state index in [4.69, 9.17) is 14.3 Å². The summed E-state index contributed by atoms with van der Waals surface area (Å²) in [5.74, 6) is 3.10. The van der Waals surface area contributed by atoms with Gasteiger partial charge in [0.2, 0.25) is 5.88 Å². The Balaban J connectivity index is 0.00000300. The van der Waals surface area contributed by atoms with Crippen molar-refractivity contribution in [2.24, 2.45) is 10.9 Å². The Morgan fingerprint density at radius 2 is 2.07 bits per heavy atom. The number of rotatable bonds is 10. The molecule has 3 rings (SSSR count). The molecule has 1 saturated carbocycles. The summed E-state index contributed by atoms with van der Waals surface area (Å²) in [5.41, 5.74) is 3.22. The van der Waals surface area contributed by atoms with Crippen molar-refractivity contribution in [3.63, 3.8) is 0 Å². The largest absolute Gasteiger partial charge is 0.477 e. The molecule has 7 nitrogen and oxygen atoms in total. The van der Waals surface area contributed by atoms with Gasteiger partial charge < -0.3 is 19.9 Å². The summed E-state index contributed by atoms with van der Waals surface area (Å²) in [6, 6.07) is 3.95. The first-order valence-corrected chi connectivity index (χ1v) is 10.3. The van der Waals surface area contributed by atoms with Crippen molar-refractivity contribution in [1.82, 2.24) is 20.8 Å². The van der Waals surface area contributed by atoms with Crippen LogP contribution in [0, 0.1) is 5.92 Å². The zero-order chi connectivity index (χ0) is 19.8. The molecule has 2 aromatic heterocycles. The quantitative estimate of drug-likeness (QED) is 0.285. The van der Waals surface area contributed by atoms with Crippen molar-refractivity contribution < 1.29 is 9.26 Å². The van der Waals surface area contributed by atoms with Gasteiger partial charge in [-0.25, -0.2) is 9.98 Å². The molecule has 0 unspecified atom stereocenters. The van der Waals surface area contributed by atoms with Crippen LogP contribution in [0.25, 0.3) is 0 Å². The van der Waals surface area contributed by atoms with Crippen molar-refractivity contribution in [1.29, 1.82) is 0 Å². The molecule has 0 saturated heterocycles. The van der Waals surface area contributed by atoms with E-state index in [2.05, 4.69) is 41.5 Å². The third kappa shape index (κ3) is 7.17. The van der Waals surface area contributed by atoms with Crippen LogP contribution in [0.3, 0.4) is 0 Å². The minimum Gasteiger partial charge on any atom is -0.477 e. The van der Waals surface area contributed by atoms with Gasteiger partial charge in [-0.3, -0.25) is 0 Å². The topological polar surface area (TPSA) is 84.6 Å². The van der Waals surface area contributed by atoms with E-state index < -0.39 is 0 Å². The fourth-order valence-electron chi connectivity index (χ4n) is 2.94. The Labute approximate surface area is 190 Å². The predicted molar refractivity (Wildman–Crippen MR) is 125 cm³/mol. The van der Waals surface area contributed by atoms with Gasteiger partial charge >= 0.3 is 0 Å². The summed E-state index contributed by atoms with van der Waals surface area (Å²) in [5, 5.41) is 10.9. The second-order valence-electron chi connectivity index (χ2n) is 7.04. The fourth-order valence-corrected chi connectivity index (χ4v) is 2.94. The van der Waals surface area contributed by atoms with Gasteiger partial charge in [-0.1, -0.05) is 19.0 Å². The molecule has 1 aliphatic rings. The van der Waals surface area contributed by atoms with E-state index in [9.17, 15) is 0 Å². The first-order chi connectivity index (χ1) is 13.7. The zero-order valence-electron chi connectivity index (χ0n) is 17.5. The van der Waals surface area contributed by atoms with Crippen LogP contribution in [0.15, 0.2) is 27.8 Å². The van der Waals surface area contributed by atoms with Crippen molar-refractivity contribution in [2.75, 3.05) is 13.2 Å². The molecule has 0 spiro atoms. The number of ether oxygens (including phenoxy) is 1. The lowest BCUT2D eigenvalue weighted by atomic mass is 10.1. The van der Waals surface area contributed by atoms with Gasteiger partial charge in [-0.2, -0.15) is 0 Å². The molecule has 2 aromatic rings. The number of halogens is 1. The normalized spacial score (nSPS) is 13.7. The molecule has 0 bridgehead atoms. The summed E-state index contributed by atoms with van der Waals surface area (Å²) in [6.45, 7) is 8.99. The van der Waals surface area contributed by atoms with Gasteiger partial charge in [0, 0.05) is 37.3 Å². The van der Waals surface area contributed by atoms with E-state index in [1.165, 1.54) is 12.8 Å². The summed E-state index contributed by atoms with van der Waals surface area (Å²) in [4.78, 5) is 8.99. The highest BCUT2D eigenvalue weighted by atomic mass is 127. The maximum Gasteiger partial charge on any atom is 0.213 e. The number of aliphatic imine (C=N–C) groups is 1. The molecular weight excluding hydrogens is 481 g/mol. The highest BCUT2D eigenvalue weighted by molar-refractivity contribution is 14.0. The molecule has 8 heteroatoms. The van der Waals surface area contributed by atoms with Crippen LogP contribution in [-0.2, 0) is 25.9 Å². The SMILES string of the molecule is CCNC(=NCc1ccnc(OCC2CC2)c1)NCc1c(CC)noc1CC.I. The summed E-state index contributed by atoms with van der Waals surface area (Å²) >= 11 is 0. The van der Waals surface area contributed by atoms with E-state index in [0.29, 0.717) is 24.9 Å². The minimum atomic E-state index is 0. The second-order valence-corrected chi connectivity index (χ2v) is 7.04. The molecule has 160 valence electrons. The fraction of sp³-hybridized carbons (Fsp3) is 0.571. The van der Waals surface area contributed by atoms with Gasteiger partial charge in [0.15, 0.2) is 5.96 Å². The number of pyridine rings is 1. The molecule has 2 heterocycles. The minimum absolute atomic E-state index is 0. The third-order valence-corrected chi connectivity index (χ3v) is 4.77. The van der Waals surface area contributed by atoms with E-state index in [-0.39, 0.29) is 24.0 Å². The van der Waals surface area contributed by atoms with Gasteiger partial charge in [-0.15, -0.1) is 24.0 Å². The van der Waals surface area contributed by atoms with Crippen LogP contribution in [0.1, 0.15) is 56.2 Å². The maximum absolute atomic E-state index is 5.76. The molecule has 0 amide bonds. The lowest BCUT2D eigenvalue weighted by molar-refractivity contribution is 0.288. The molecule has 0 radical (unpaired) electrons. The average Bonchev–Trinajstić information content (AvgIpc) is 3.47. The van der Waals surface area contributed by atoms with Gasteiger partial charge in [-0.05, 0) is 43.7 Å². The summed E-state index contributed by atoms with van der Waals surface area (Å²) in [7, 11) is 0. The first-order valence-electron chi connectivity index (χ1n) is 10.3. The molecule has 1 fully saturated rings. The predicted octanol–water partition coefficient (Wildman–Crippen LogP) is 3.86. The molecular formula is C21H32IN5O2. The van der Waals surface area contributed by atoms with Crippen molar-refractivity contribution in [3.8, 4) is 5.88 Å². The number of aromatic nitrogens is 2. The molecule has 0 aromatic carbocycles. The highest BCUT2D eigenvalue weighted by Crippen LogP contribution is 2.29. The second kappa shape index (κ2) is 12.0. The van der Waals surface area contributed by atoms with Crippen LogP contribution >= 0.6 is 24.0 Å². The molecule has 2 N–H and O–H groups in total. The molecule has 0 aliphatic heterocycles. The lowest BCUT2D eigenvalue weighted by Gasteiger charge is -2.12. The lowest BCUT2D eigenvalue weighted by Crippen LogP contribution is -2.37. The zero-order valence-corrected chi connectivity index (χ0v) is 19.9. The first kappa shape index (κ1) is 23.4. The number of nitrogens with one attached hydrogen (secondary N) is 2. The smallest absolute Gasteiger partial charge is 0.213 e. The Morgan fingerprint density at radius 3 is 2.76 bits per heavy atom. The Hall–Kier alpha value is -1.84. The highest BCUT2D eigenvalue weighted by Gasteiger charge is 2.22. The van der Waals surface area contributed by atoms with E-state index in [1.807, 2.05) is 12.1 Å². The number of nitrogens with zero attached hydrogens (tertiary/aromatic N) is 3. The van der Waals surface area contributed by atoms with Crippen LogP contribution < -0.4 is 15.4 Å². The van der Waals surface area contributed by atoms with Gasteiger partial charge in [0.1, 0.15) is 5.76 Å². The van der Waals surface area contributed by atoms with Crippen molar-refractivity contribution >= 4 is 29.9 Å². The van der Waals surface area contributed by atoms with Crippen molar-refractivity contribution in [3.05, 3.63) is 40.9 Å². The van der Waals surface area contributed by atoms with Gasteiger partial charge in [0.05, 0.1) is 18.8 Å². The Bertz CT molecular complexity index is 768. The van der Waals surface area contributed by atoms with Gasteiger partial charge in [0.25, 0.3) is 0 Å². The van der Waals surface area contributed by atoms with E-state index >= 15 is 0 Å². The van der Waals surface area contributed by atoms with E-state index in [0.717, 1.165) is 54.5 Å². The standard InChI is InChI=1S/C21H31N5O2.HI/c1-4-18-17(19(5-2)28-26-18)13-25-21(22-6-3)24-12-16-9-10-23-20(11-16)27-14-15-7-8-15;/h9-11,15H,4-8,12-14H2,1-3H3,(H2,22,24,25);1H. The molecule has 29 heavy (non-hydrogen) atoms. The summed E-state index contributed by atoms with van der Waals surface area (Å²) < 4.78 is 11.2. The Kier molecular flexibility index (Phi) is 9.69. The molecule has 0 atom stereocenters.